The normalized spacial score (nSPS) is 10.9. The molecular weight excluding hydrogens is 323 g/mol. The van der Waals surface area contributed by atoms with E-state index in [1.165, 1.54) is 6.07 Å². The first-order valence-electron chi connectivity index (χ1n) is 6.56. The molecular formula is C16H12Cl2N2O2. The Hall–Kier alpha value is -2.04. The van der Waals surface area contributed by atoms with Gasteiger partial charge in [0.2, 0.25) is 0 Å². The lowest BCUT2D eigenvalue weighted by Crippen LogP contribution is -2.20. The molecule has 112 valence electrons. The molecule has 0 radical (unpaired) electrons. The third-order valence-corrected chi connectivity index (χ3v) is 3.86. The van der Waals surface area contributed by atoms with Gasteiger partial charge in [0.25, 0.3) is 5.56 Å². The van der Waals surface area contributed by atoms with Crippen molar-refractivity contribution in [1.82, 2.24) is 9.55 Å². The van der Waals surface area contributed by atoms with Gasteiger partial charge >= 0.3 is 0 Å². The number of rotatable bonds is 3. The molecule has 22 heavy (non-hydrogen) atoms. The second kappa shape index (κ2) is 5.99. The highest BCUT2D eigenvalue weighted by Crippen LogP contribution is 2.22. The van der Waals surface area contributed by atoms with E-state index in [9.17, 15) is 4.79 Å². The molecule has 0 spiro atoms. The Labute approximate surface area is 136 Å². The van der Waals surface area contributed by atoms with Crippen LogP contribution in [0.1, 0.15) is 5.56 Å². The number of hydrogen-bond donors (Lipinski definition) is 0. The quantitative estimate of drug-likeness (QED) is 0.685. The van der Waals surface area contributed by atoms with Crippen LogP contribution in [-0.2, 0) is 6.54 Å². The molecule has 0 atom stereocenters. The molecule has 0 unspecified atom stereocenters. The maximum atomic E-state index is 12.6. The summed E-state index contributed by atoms with van der Waals surface area (Å²) in [5, 5.41) is 0.955. The molecule has 0 fully saturated rings. The van der Waals surface area contributed by atoms with Crippen molar-refractivity contribution >= 4 is 34.1 Å². The topological polar surface area (TPSA) is 44.1 Å². The monoisotopic (exact) mass is 334 g/mol. The van der Waals surface area contributed by atoms with Crippen LogP contribution in [0.2, 0.25) is 10.2 Å². The highest BCUT2D eigenvalue weighted by atomic mass is 35.5. The van der Waals surface area contributed by atoms with E-state index in [4.69, 9.17) is 27.9 Å². The number of ether oxygens (including phenoxy) is 1. The van der Waals surface area contributed by atoms with Gasteiger partial charge in [-0.25, -0.2) is 4.98 Å². The Bertz CT molecular complexity index is 889. The Morgan fingerprint density at radius 3 is 2.59 bits per heavy atom. The van der Waals surface area contributed by atoms with Gasteiger partial charge in [-0.15, -0.1) is 0 Å². The smallest absolute Gasteiger partial charge is 0.261 e. The first-order valence-corrected chi connectivity index (χ1v) is 7.32. The molecule has 0 saturated heterocycles. The van der Waals surface area contributed by atoms with Crippen LogP contribution in [0.25, 0.3) is 10.9 Å². The van der Waals surface area contributed by atoms with Crippen LogP contribution in [0.5, 0.6) is 5.75 Å². The Kier molecular flexibility index (Phi) is 4.05. The lowest BCUT2D eigenvalue weighted by Gasteiger charge is -2.09. The van der Waals surface area contributed by atoms with E-state index in [1.807, 2.05) is 24.3 Å². The largest absolute Gasteiger partial charge is 0.497 e. The summed E-state index contributed by atoms with van der Waals surface area (Å²) in [6.07, 6.45) is 1.69. The predicted octanol–water partition coefficient (Wildman–Crippen LogP) is 3.76. The molecule has 3 aromatic rings. The maximum Gasteiger partial charge on any atom is 0.261 e. The molecule has 4 nitrogen and oxygen atoms in total. The number of halogens is 2. The number of methoxy groups -OCH3 is 1. The number of fused-ring (bicyclic) bond motifs is 1. The first kappa shape index (κ1) is 14.9. The van der Waals surface area contributed by atoms with Gasteiger partial charge in [0, 0.05) is 6.20 Å². The van der Waals surface area contributed by atoms with E-state index >= 15 is 0 Å². The zero-order chi connectivity index (χ0) is 15.7. The highest BCUT2D eigenvalue weighted by molar-refractivity contribution is 6.37. The Morgan fingerprint density at radius 1 is 1.18 bits per heavy atom. The number of aromatic nitrogens is 2. The van der Waals surface area contributed by atoms with Crippen LogP contribution in [0.3, 0.4) is 0 Å². The average molecular weight is 335 g/mol. The van der Waals surface area contributed by atoms with Crippen molar-refractivity contribution in [3.8, 4) is 5.75 Å². The summed E-state index contributed by atoms with van der Waals surface area (Å²) in [5.41, 5.74) is 1.29. The molecule has 2 aromatic heterocycles. The summed E-state index contributed by atoms with van der Waals surface area (Å²) < 4.78 is 6.71. The molecule has 0 aliphatic carbocycles. The minimum atomic E-state index is -0.192. The molecule has 0 bridgehead atoms. The van der Waals surface area contributed by atoms with Crippen molar-refractivity contribution in [2.24, 2.45) is 0 Å². The molecule has 0 aliphatic heterocycles. The average Bonchev–Trinajstić information content (AvgIpc) is 2.50. The molecule has 0 saturated carbocycles. The molecule has 0 aliphatic rings. The summed E-state index contributed by atoms with van der Waals surface area (Å²) in [6.45, 7) is 0.442. The second-order valence-corrected chi connectivity index (χ2v) is 5.58. The molecule has 1 aromatic carbocycles. The van der Waals surface area contributed by atoms with Crippen molar-refractivity contribution in [3.63, 3.8) is 0 Å². The minimum Gasteiger partial charge on any atom is -0.497 e. The van der Waals surface area contributed by atoms with Crippen molar-refractivity contribution in [1.29, 1.82) is 0 Å². The van der Waals surface area contributed by atoms with Crippen molar-refractivity contribution in [3.05, 3.63) is 68.7 Å². The van der Waals surface area contributed by atoms with Gasteiger partial charge in [-0.1, -0.05) is 35.3 Å². The minimum absolute atomic E-state index is 0.192. The maximum absolute atomic E-state index is 12.6. The van der Waals surface area contributed by atoms with E-state index in [1.54, 1.807) is 23.9 Å². The summed E-state index contributed by atoms with van der Waals surface area (Å²) in [7, 11) is 1.61. The van der Waals surface area contributed by atoms with Crippen LogP contribution < -0.4 is 10.3 Å². The number of pyridine rings is 2. The van der Waals surface area contributed by atoms with E-state index < -0.39 is 0 Å². The Balaban J connectivity index is 2.04. The molecule has 0 N–H and O–H groups in total. The fourth-order valence-electron chi connectivity index (χ4n) is 2.26. The molecule has 2 heterocycles. The number of benzene rings is 1. The van der Waals surface area contributed by atoms with Crippen LogP contribution in [0.4, 0.5) is 0 Å². The molecule has 0 amide bonds. The van der Waals surface area contributed by atoms with Crippen LogP contribution in [-0.4, -0.2) is 16.7 Å². The van der Waals surface area contributed by atoms with Crippen LogP contribution in [0, 0.1) is 0 Å². The van der Waals surface area contributed by atoms with E-state index in [0.29, 0.717) is 22.5 Å². The third-order valence-electron chi connectivity index (χ3n) is 3.37. The molecule has 6 heteroatoms. The summed E-state index contributed by atoms with van der Waals surface area (Å²) in [4.78, 5) is 16.7. The fourth-order valence-corrected chi connectivity index (χ4v) is 2.80. The fraction of sp³-hybridized carbons (Fsp3) is 0.125. The van der Waals surface area contributed by atoms with Gasteiger partial charge in [-0.3, -0.25) is 4.79 Å². The van der Waals surface area contributed by atoms with Crippen molar-refractivity contribution < 1.29 is 4.74 Å². The summed E-state index contributed by atoms with van der Waals surface area (Å²) in [5.74, 6) is 0.775. The van der Waals surface area contributed by atoms with E-state index in [0.717, 1.165) is 11.3 Å². The number of hydrogen-bond acceptors (Lipinski definition) is 3. The zero-order valence-electron chi connectivity index (χ0n) is 11.7. The Morgan fingerprint density at radius 2 is 1.91 bits per heavy atom. The van der Waals surface area contributed by atoms with Gasteiger partial charge in [0.05, 0.1) is 29.6 Å². The SMILES string of the molecule is COc1ccc(Cn2ccc3nc(Cl)cc(Cl)c3c2=O)cc1. The molecule has 3 rings (SSSR count). The van der Waals surface area contributed by atoms with Crippen molar-refractivity contribution in [2.45, 2.75) is 6.54 Å². The lowest BCUT2D eigenvalue weighted by atomic mass is 10.2. The van der Waals surface area contributed by atoms with E-state index in [-0.39, 0.29) is 10.7 Å². The van der Waals surface area contributed by atoms with Gasteiger partial charge in [0.1, 0.15) is 10.9 Å². The second-order valence-electron chi connectivity index (χ2n) is 4.78. The third kappa shape index (κ3) is 2.80. The zero-order valence-corrected chi connectivity index (χ0v) is 13.2. The van der Waals surface area contributed by atoms with Gasteiger partial charge in [-0.2, -0.15) is 0 Å². The predicted molar refractivity (Wildman–Crippen MR) is 88.1 cm³/mol. The first-order chi connectivity index (χ1) is 10.6. The van der Waals surface area contributed by atoms with Crippen molar-refractivity contribution in [2.75, 3.05) is 7.11 Å². The van der Waals surface area contributed by atoms with Gasteiger partial charge in [-0.05, 0) is 29.8 Å². The van der Waals surface area contributed by atoms with Gasteiger partial charge in [0.15, 0.2) is 0 Å². The standard InChI is InChI=1S/C16H12Cl2N2O2/c1-22-11-4-2-10(3-5-11)9-20-7-6-13-15(16(20)21)12(17)8-14(18)19-13/h2-8H,9H2,1H3. The summed E-state index contributed by atoms with van der Waals surface area (Å²) >= 11 is 12.0. The summed E-state index contributed by atoms with van der Waals surface area (Å²) in [6, 6.07) is 10.8. The van der Waals surface area contributed by atoms with E-state index in [2.05, 4.69) is 4.98 Å². The highest BCUT2D eigenvalue weighted by Gasteiger charge is 2.10. The van der Waals surface area contributed by atoms with Crippen LogP contribution in [0.15, 0.2) is 47.4 Å². The number of nitrogens with zero attached hydrogens (tertiary/aromatic N) is 2. The van der Waals surface area contributed by atoms with Gasteiger partial charge < -0.3 is 9.30 Å². The lowest BCUT2D eigenvalue weighted by molar-refractivity contribution is 0.414. The van der Waals surface area contributed by atoms with Crippen LogP contribution >= 0.6 is 23.2 Å².